The number of esters is 1. The summed E-state index contributed by atoms with van der Waals surface area (Å²) in [6.07, 6.45) is 1.91. The summed E-state index contributed by atoms with van der Waals surface area (Å²) in [6, 6.07) is 5.48. The van der Waals surface area contributed by atoms with E-state index in [1.54, 1.807) is 30.9 Å². The van der Waals surface area contributed by atoms with Crippen molar-refractivity contribution in [1.82, 2.24) is 19.6 Å². The summed E-state index contributed by atoms with van der Waals surface area (Å²) in [5, 5.41) is 12.7. The molecule has 0 unspecified atom stereocenters. The van der Waals surface area contributed by atoms with Crippen molar-refractivity contribution in [2.45, 2.75) is 19.9 Å². The zero-order valence-electron chi connectivity index (χ0n) is 14.6. The fourth-order valence-corrected chi connectivity index (χ4v) is 2.79. The molecule has 0 saturated carbocycles. The molecular weight excluding hydrogens is 358 g/mol. The number of nitrogens with zero attached hydrogens (tertiary/aromatic N) is 4. The zero-order chi connectivity index (χ0) is 18.8. The van der Waals surface area contributed by atoms with Crippen LogP contribution in [0.5, 0.6) is 0 Å². The van der Waals surface area contributed by atoms with Crippen molar-refractivity contribution < 1.29 is 14.3 Å². The van der Waals surface area contributed by atoms with Gasteiger partial charge < -0.3 is 10.1 Å². The van der Waals surface area contributed by atoms with Crippen molar-refractivity contribution in [3.63, 3.8) is 0 Å². The van der Waals surface area contributed by atoms with Crippen LogP contribution in [0.2, 0.25) is 5.02 Å². The van der Waals surface area contributed by atoms with E-state index in [-0.39, 0.29) is 18.0 Å². The minimum Gasteiger partial charge on any atom is -0.464 e. The van der Waals surface area contributed by atoms with Crippen LogP contribution in [0.25, 0.3) is 10.9 Å². The van der Waals surface area contributed by atoms with Crippen molar-refractivity contribution in [2.24, 2.45) is 7.05 Å². The van der Waals surface area contributed by atoms with Gasteiger partial charge in [0, 0.05) is 23.9 Å². The second kappa shape index (κ2) is 7.17. The highest BCUT2D eigenvalue weighted by Gasteiger charge is 2.22. The Bertz CT molecular complexity index is 992. The van der Waals surface area contributed by atoms with Gasteiger partial charge in [-0.3, -0.25) is 14.2 Å². The fourth-order valence-electron chi connectivity index (χ4n) is 2.63. The number of methoxy groups -OCH3 is 1. The van der Waals surface area contributed by atoms with E-state index < -0.39 is 5.97 Å². The highest BCUT2D eigenvalue weighted by molar-refractivity contribution is 6.31. The van der Waals surface area contributed by atoms with Crippen LogP contribution in [0.4, 0.5) is 5.69 Å². The third kappa shape index (κ3) is 3.41. The van der Waals surface area contributed by atoms with Crippen LogP contribution in [-0.2, 0) is 23.1 Å². The number of benzene rings is 1. The van der Waals surface area contributed by atoms with E-state index in [1.807, 2.05) is 12.1 Å². The monoisotopic (exact) mass is 375 g/mol. The molecular formula is C17H18ClN5O3. The number of aromatic nitrogens is 4. The maximum atomic E-state index is 12.4. The van der Waals surface area contributed by atoms with Gasteiger partial charge in [0.05, 0.1) is 36.7 Å². The largest absolute Gasteiger partial charge is 0.464 e. The van der Waals surface area contributed by atoms with Gasteiger partial charge in [0.1, 0.15) is 0 Å². The number of nitrogens with one attached hydrogen (secondary N) is 1. The van der Waals surface area contributed by atoms with E-state index in [0.717, 1.165) is 10.9 Å². The maximum absolute atomic E-state index is 12.4. The van der Waals surface area contributed by atoms with Gasteiger partial charge in [-0.05, 0) is 25.1 Å². The number of anilines is 1. The Morgan fingerprint density at radius 3 is 2.85 bits per heavy atom. The lowest BCUT2D eigenvalue weighted by atomic mass is 10.2. The highest BCUT2D eigenvalue weighted by Crippen LogP contribution is 2.21. The minimum absolute atomic E-state index is 0.0807. The lowest BCUT2D eigenvalue weighted by Crippen LogP contribution is -2.17. The van der Waals surface area contributed by atoms with Crippen molar-refractivity contribution in [3.8, 4) is 0 Å². The molecule has 8 nitrogen and oxygen atoms in total. The molecule has 3 aromatic rings. The maximum Gasteiger partial charge on any atom is 0.360 e. The average Bonchev–Trinajstić information content (AvgIpc) is 3.14. The number of hydrogen-bond acceptors (Lipinski definition) is 5. The summed E-state index contributed by atoms with van der Waals surface area (Å²) < 4.78 is 7.95. The van der Waals surface area contributed by atoms with Gasteiger partial charge in [-0.25, -0.2) is 4.79 Å². The van der Waals surface area contributed by atoms with Crippen molar-refractivity contribution in [2.75, 3.05) is 12.4 Å². The first-order valence-electron chi connectivity index (χ1n) is 7.93. The summed E-state index contributed by atoms with van der Waals surface area (Å²) in [4.78, 5) is 24.2. The van der Waals surface area contributed by atoms with Crippen LogP contribution in [-0.4, -0.2) is 38.5 Å². The Hall–Kier alpha value is -2.87. The lowest BCUT2D eigenvalue weighted by molar-refractivity contribution is -0.116. The molecule has 0 radical (unpaired) electrons. The highest BCUT2D eigenvalue weighted by atomic mass is 35.5. The van der Waals surface area contributed by atoms with E-state index in [0.29, 0.717) is 22.9 Å². The summed E-state index contributed by atoms with van der Waals surface area (Å²) in [6.45, 7) is 2.14. The predicted octanol–water partition coefficient (Wildman–Crippen LogP) is 2.55. The molecule has 0 fully saturated rings. The molecule has 0 aliphatic rings. The van der Waals surface area contributed by atoms with E-state index in [2.05, 4.69) is 15.5 Å². The smallest absolute Gasteiger partial charge is 0.360 e. The molecule has 0 aliphatic carbocycles. The van der Waals surface area contributed by atoms with Crippen molar-refractivity contribution in [1.29, 1.82) is 0 Å². The molecule has 3 rings (SSSR count). The molecule has 26 heavy (non-hydrogen) atoms. The number of aryl methyl sites for hydroxylation is 2. The number of fused-ring (bicyclic) bond motifs is 1. The quantitative estimate of drug-likeness (QED) is 0.692. The summed E-state index contributed by atoms with van der Waals surface area (Å²) in [5.74, 6) is -0.853. The third-order valence-electron chi connectivity index (χ3n) is 4.13. The molecule has 0 bridgehead atoms. The first kappa shape index (κ1) is 17.9. The van der Waals surface area contributed by atoms with E-state index in [1.165, 1.54) is 11.8 Å². The number of ether oxygens (including phenoxy) is 1. The van der Waals surface area contributed by atoms with Crippen LogP contribution in [0.1, 0.15) is 22.6 Å². The molecule has 2 heterocycles. The van der Waals surface area contributed by atoms with Crippen LogP contribution in [0, 0.1) is 6.92 Å². The number of carbonyl (C=O) groups excluding carboxylic acids is 2. The van der Waals surface area contributed by atoms with Crippen LogP contribution >= 0.6 is 11.6 Å². The summed E-state index contributed by atoms with van der Waals surface area (Å²) >= 11 is 6.02. The molecule has 2 aromatic heterocycles. The number of halogens is 1. The van der Waals surface area contributed by atoms with Gasteiger partial charge in [-0.15, -0.1) is 0 Å². The standard InChI is InChI=1S/C17H18ClN5O3/c1-10-15(16(17(25)26-3)21-22(10)2)20-14(24)6-7-23-13-8-12(18)5-4-11(13)9-19-23/h4-5,8-9H,6-7H2,1-3H3,(H,20,24). The van der Waals surface area contributed by atoms with Gasteiger partial charge >= 0.3 is 5.97 Å². The first-order valence-corrected chi connectivity index (χ1v) is 8.31. The first-order chi connectivity index (χ1) is 12.4. The number of rotatable bonds is 5. The van der Waals surface area contributed by atoms with Gasteiger partial charge in [-0.2, -0.15) is 10.2 Å². The molecule has 9 heteroatoms. The molecule has 0 saturated heterocycles. The second-order valence-corrected chi connectivity index (χ2v) is 6.23. The SMILES string of the molecule is COC(=O)c1nn(C)c(C)c1NC(=O)CCn1ncc2ccc(Cl)cc21. The van der Waals surface area contributed by atoms with E-state index in [9.17, 15) is 9.59 Å². The normalized spacial score (nSPS) is 10.9. The zero-order valence-corrected chi connectivity index (χ0v) is 15.4. The minimum atomic E-state index is -0.600. The van der Waals surface area contributed by atoms with Gasteiger partial charge in [0.25, 0.3) is 0 Å². The fraction of sp³-hybridized carbons (Fsp3) is 0.294. The van der Waals surface area contributed by atoms with Crippen molar-refractivity contribution >= 4 is 40.1 Å². The molecule has 136 valence electrons. The van der Waals surface area contributed by atoms with Crippen LogP contribution < -0.4 is 5.32 Å². The Morgan fingerprint density at radius 1 is 1.35 bits per heavy atom. The van der Waals surface area contributed by atoms with Crippen LogP contribution in [0.15, 0.2) is 24.4 Å². The molecule has 0 aliphatic heterocycles. The Kier molecular flexibility index (Phi) is 4.94. The van der Waals surface area contributed by atoms with E-state index >= 15 is 0 Å². The molecule has 1 amide bonds. The van der Waals surface area contributed by atoms with Gasteiger partial charge in [0.15, 0.2) is 5.69 Å². The second-order valence-electron chi connectivity index (χ2n) is 5.79. The predicted molar refractivity (Wildman–Crippen MR) is 97.3 cm³/mol. The molecule has 1 N–H and O–H groups in total. The topological polar surface area (TPSA) is 91.0 Å². The Morgan fingerprint density at radius 2 is 2.12 bits per heavy atom. The van der Waals surface area contributed by atoms with E-state index in [4.69, 9.17) is 16.3 Å². The third-order valence-corrected chi connectivity index (χ3v) is 4.37. The number of amides is 1. The lowest BCUT2D eigenvalue weighted by Gasteiger charge is -2.07. The average molecular weight is 376 g/mol. The molecule has 0 atom stereocenters. The van der Waals surface area contributed by atoms with Gasteiger partial charge in [-0.1, -0.05) is 11.6 Å². The summed E-state index contributed by atoms with van der Waals surface area (Å²) in [7, 11) is 2.96. The van der Waals surface area contributed by atoms with Gasteiger partial charge in [0.2, 0.25) is 5.91 Å². The summed E-state index contributed by atoms with van der Waals surface area (Å²) in [5.41, 5.74) is 1.96. The Labute approximate surface area is 154 Å². The number of carbonyl (C=O) groups is 2. The molecule has 1 aromatic carbocycles. The Balaban J connectivity index is 1.73. The van der Waals surface area contributed by atoms with Crippen LogP contribution in [0.3, 0.4) is 0 Å². The molecule has 0 spiro atoms. The van der Waals surface area contributed by atoms with Crippen molar-refractivity contribution in [3.05, 3.63) is 40.8 Å². The number of hydrogen-bond donors (Lipinski definition) is 1.